The molecule has 0 aromatic rings. The van der Waals surface area contributed by atoms with E-state index in [9.17, 15) is 0 Å². The summed E-state index contributed by atoms with van der Waals surface area (Å²) in [5, 5.41) is 0.528. The Morgan fingerprint density at radius 1 is 0.727 bits per heavy atom. The van der Waals surface area contributed by atoms with E-state index in [0.29, 0.717) is 5.04 Å². The Balaban J connectivity index is 4.53. The van der Waals surface area contributed by atoms with Crippen LogP contribution in [0, 0.1) is 17.8 Å². The third kappa shape index (κ3) is 2.08. The van der Waals surface area contributed by atoms with E-state index in [1.54, 1.807) is 0 Å². The van der Waals surface area contributed by atoms with Gasteiger partial charge >= 0.3 is 0 Å². The maximum Gasteiger partial charge on any atom is 0.0173 e. The first-order valence-corrected chi connectivity index (χ1v) is 5.39. The quantitative estimate of drug-likeness (QED) is 0.573. The van der Waals surface area contributed by atoms with E-state index in [-0.39, 0.29) is 0 Å². The van der Waals surface area contributed by atoms with E-state index in [2.05, 4.69) is 51.8 Å². The van der Waals surface area contributed by atoms with Crippen molar-refractivity contribution in [1.82, 2.24) is 0 Å². The molecule has 0 amide bonds. The van der Waals surface area contributed by atoms with Gasteiger partial charge in [-0.15, -0.1) is 0 Å². The van der Waals surface area contributed by atoms with Gasteiger partial charge in [-0.1, -0.05) is 41.5 Å². The highest BCUT2D eigenvalue weighted by Gasteiger charge is 2.34. The molecular formula is C10H23Si. The van der Waals surface area contributed by atoms with Crippen molar-refractivity contribution in [2.45, 2.75) is 46.6 Å². The molecule has 0 aliphatic carbocycles. The van der Waals surface area contributed by atoms with Gasteiger partial charge in [-0.2, -0.15) is 0 Å². The number of hydrogen-bond acceptors (Lipinski definition) is 0. The van der Waals surface area contributed by atoms with Crippen LogP contribution < -0.4 is 0 Å². The zero-order valence-electron chi connectivity index (χ0n) is 8.94. The van der Waals surface area contributed by atoms with Gasteiger partial charge in [0.05, 0.1) is 0 Å². The van der Waals surface area contributed by atoms with Gasteiger partial charge in [-0.05, 0) is 22.8 Å². The summed E-state index contributed by atoms with van der Waals surface area (Å²) in [7, 11) is 2.19. The van der Waals surface area contributed by atoms with E-state index in [4.69, 9.17) is 0 Å². The fourth-order valence-electron chi connectivity index (χ4n) is 2.00. The van der Waals surface area contributed by atoms with Gasteiger partial charge in [0.25, 0.3) is 0 Å². The minimum Gasteiger partial charge on any atom is -0.0625 e. The molecule has 0 aliphatic heterocycles. The van der Waals surface area contributed by atoms with Gasteiger partial charge < -0.3 is 0 Å². The number of rotatable bonds is 3. The molecule has 0 spiro atoms. The van der Waals surface area contributed by atoms with Gasteiger partial charge in [0, 0.05) is 10.2 Å². The molecule has 0 aromatic heterocycles. The van der Waals surface area contributed by atoms with Crippen molar-refractivity contribution < 1.29 is 0 Å². The van der Waals surface area contributed by atoms with Crippen LogP contribution in [0.1, 0.15) is 41.5 Å². The van der Waals surface area contributed by atoms with Crippen LogP contribution in [0.25, 0.3) is 0 Å². The van der Waals surface area contributed by atoms with Crippen molar-refractivity contribution in [1.29, 1.82) is 0 Å². The van der Waals surface area contributed by atoms with Crippen LogP contribution in [0.4, 0.5) is 0 Å². The molecule has 1 radical (unpaired) electrons. The average Bonchev–Trinajstić information content (AvgIpc) is 1.84. The van der Waals surface area contributed by atoms with Crippen LogP contribution in [0.15, 0.2) is 0 Å². The second-order valence-corrected chi connectivity index (χ2v) is 5.80. The lowest BCUT2D eigenvalue weighted by Gasteiger charge is -2.42. The molecule has 0 saturated heterocycles. The van der Waals surface area contributed by atoms with E-state index in [1.807, 2.05) is 0 Å². The Morgan fingerprint density at radius 3 is 0.909 bits per heavy atom. The minimum absolute atomic E-state index is 0.528. The molecule has 0 bridgehead atoms. The van der Waals surface area contributed by atoms with E-state index in [1.165, 1.54) is 0 Å². The van der Waals surface area contributed by atoms with Gasteiger partial charge in [-0.25, -0.2) is 0 Å². The normalized spacial score (nSPS) is 13.6. The molecule has 0 N–H and O–H groups in total. The number of hydrogen-bond donors (Lipinski definition) is 0. The molecule has 0 heterocycles. The highest BCUT2D eigenvalue weighted by atomic mass is 28.1. The highest BCUT2D eigenvalue weighted by molar-refractivity contribution is 6.15. The molecule has 67 valence electrons. The first-order chi connectivity index (χ1) is 4.83. The molecule has 0 aliphatic rings. The SMILES string of the molecule is CC(C)C([SiH2])(C(C)C)C(C)C. The lowest BCUT2D eigenvalue weighted by molar-refractivity contribution is 0.236. The largest absolute Gasteiger partial charge is 0.0625 e. The predicted molar refractivity (Wildman–Crippen MR) is 55.8 cm³/mol. The smallest absolute Gasteiger partial charge is 0.0173 e. The first kappa shape index (κ1) is 11.2. The molecule has 0 saturated carbocycles. The Labute approximate surface area is 75.2 Å². The maximum absolute atomic E-state index is 2.34. The second-order valence-electron chi connectivity index (χ2n) is 4.58. The lowest BCUT2D eigenvalue weighted by Crippen LogP contribution is -2.31. The molecule has 11 heavy (non-hydrogen) atoms. The molecular weight excluding hydrogens is 148 g/mol. The van der Waals surface area contributed by atoms with Crippen LogP contribution >= 0.6 is 0 Å². The topological polar surface area (TPSA) is 0 Å². The molecule has 0 fully saturated rings. The van der Waals surface area contributed by atoms with Crippen molar-refractivity contribution in [2.24, 2.45) is 17.8 Å². The molecule has 1 heteroatoms. The van der Waals surface area contributed by atoms with Crippen LogP contribution in [0.3, 0.4) is 0 Å². The Bertz CT molecular complexity index is 92.3. The Morgan fingerprint density at radius 2 is 0.909 bits per heavy atom. The molecule has 0 atom stereocenters. The van der Waals surface area contributed by atoms with Gasteiger partial charge in [0.15, 0.2) is 0 Å². The third-order valence-corrected chi connectivity index (χ3v) is 5.67. The van der Waals surface area contributed by atoms with Gasteiger partial charge in [0.1, 0.15) is 0 Å². The lowest BCUT2D eigenvalue weighted by atomic mass is 9.76. The van der Waals surface area contributed by atoms with Crippen LogP contribution in [-0.2, 0) is 0 Å². The summed E-state index contributed by atoms with van der Waals surface area (Å²) in [6, 6.07) is 0. The standard InChI is InChI=1S/C10H23Si/c1-7(2)10(11,8(3)4)9(5)6/h7-9H,11H2,1-6H3. The summed E-state index contributed by atoms with van der Waals surface area (Å²) in [6.07, 6.45) is 0. The van der Waals surface area contributed by atoms with E-state index in [0.717, 1.165) is 17.8 Å². The van der Waals surface area contributed by atoms with Crippen molar-refractivity contribution in [3.8, 4) is 0 Å². The fraction of sp³-hybridized carbons (Fsp3) is 1.00. The van der Waals surface area contributed by atoms with Crippen LogP contribution in [-0.4, -0.2) is 10.2 Å². The van der Waals surface area contributed by atoms with Crippen molar-refractivity contribution in [2.75, 3.05) is 0 Å². The molecule has 0 rings (SSSR count). The summed E-state index contributed by atoms with van der Waals surface area (Å²) in [5.74, 6) is 2.38. The van der Waals surface area contributed by atoms with Crippen LogP contribution in [0.5, 0.6) is 0 Å². The Hall–Kier alpha value is 0.217. The molecule has 0 aromatic carbocycles. The predicted octanol–water partition coefficient (Wildman–Crippen LogP) is 2.75. The monoisotopic (exact) mass is 171 g/mol. The van der Waals surface area contributed by atoms with E-state index >= 15 is 0 Å². The zero-order valence-corrected chi connectivity index (χ0v) is 10.4. The average molecular weight is 171 g/mol. The zero-order chi connectivity index (χ0) is 9.23. The highest BCUT2D eigenvalue weighted by Crippen LogP contribution is 2.46. The second kappa shape index (κ2) is 3.75. The van der Waals surface area contributed by atoms with Crippen molar-refractivity contribution >= 4 is 10.2 Å². The Kier molecular flexibility index (Phi) is 3.82. The summed E-state index contributed by atoms with van der Waals surface area (Å²) < 4.78 is 0. The maximum atomic E-state index is 2.34. The first-order valence-electron chi connectivity index (χ1n) is 4.68. The van der Waals surface area contributed by atoms with E-state index < -0.39 is 0 Å². The van der Waals surface area contributed by atoms with Gasteiger partial charge in [-0.3, -0.25) is 0 Å². The van der Waals surface area contributed by atoms with Crippen molar-refractivity contribution in [3.63, 3.8) is 0 Å². The summed E-state index contributed by atoms with van der Waals surface area (Å²) in [4.78, 5) is 0. The summed E-state index contributed by atoms with van der Waals surface area (Å²) in [5.41, 5.74) is 0. The fourth-order valence-corrected chi connectivity index (χ4v) is 2.00. The van der Waals surface area contributed by atoms with Gasteiger partial charge in [0.2, 0.25) is 0 Å². The van der Waals surface area contributed by atoms with Crippen molar-refractivity contribution in [3.05, 3.63) is 0 Å². The summed E-state index contributed by atoms with van der Waals surface area (Å²) >= 11 is 0. The molecule has 0 nitrogen and oxygen atoms in total. The third-order valence-electron chi connectivity index (χ3n) is 3.22. The minimum atomic E-state index is 0.528. The summed E-state index contributed by atoms with van der Waals surface area (Å²) in [6.45, 7) is 14.0. The van der Waals surface area contributed by atoms with Crippen LogP contribution in [0.2, 0.25) is 5.04 Å². The molecule has 0 unspecified atom stereocenters.